The minimum Gasteiger partial charge on any atom is -0.426 e. The second-order valence-corrected chi connectivity index (χ2v) is 10.1. The Balaban J connectivity index is 1.52. The van der Waals surface area contributed by atoms with Crippen molar-refractivity contribution in [2.45, 2.75) is 48.7 Å². The van der Waals surface area contributed by atoms with Crippen LogP contribution in [0.3, 0.4) is 0 Å². The Kier molecular flexibility index (Phi) is 5.67. The van der Waals surface area contributed by atoms with Gasteiger partial charge in [0, 0.05) is 22.1 Å². The van der Waals surface area contributed by atoms with Gasteiger partial charge < -0.3 is 4.74 Å². The van der Waals surface area contributed by atoms with E-state index in [4.69, 9.17) is 4.74 Å². The van der Waals surface area contributed by atoms with E-state index in [0.717, 1.165) is 25.7 Å². The number of amides is 2. The van der Waals surface area contributed by atoms with Crippen molar-refractivity contribution in [1.29, 1.82) is 0 Å². The minimum atomic E-state index is -0.288. The number of benzene rings is 1. The number of alkyl halides is 2. The fourth-order valence-corrected chi connectivity index (χ4v) is 6.86. The van der Waals surface area contributed by atoms with E-state index in [0.29, 0.717) is 17.9 Å². The van der Waals surface area contributed by atoms with Crippen LogP contribution in [0.4, 0.5) is 5.69 Å². The second kappa shape index (κ2) is 7.90. The van der Waals surface area contributed by atoms with Gasteiger partial charge in [-0.05, 0) is 36.8 Å². The molecule has 2 amide bonds. The zero-order chi connectivity index (χ0) is 20.0. The highest BCUT2D eigenvalue weighted by Crippen LogP contribution is 2.60. The van der Waals surface area contributed by atoms with Crippen molar-refractivity contribution in [2.24, 2.45) is 23.7 Å². The second-order valence-electron chi connectivity index (χ2n) is 7.94. The summed E-state index contributed by atoms with van der Waals surface area (Å²) in [6, 6.07) is 6.74. The number of anilines is 1. The lowest BCUT2D eigenvalue weighted by molar-refractivity contribution is -0.134. The first kappa shape index (κ1) is 20.1. The average molecular weight is 513 g/mol. The van der Waals surface area contributed by atoms with Gasteiger partial charge in [-0.2, -0.15) is 0 Å². The lowest BCUT2D eigenvalue weighted by Crippen LogP contribution is -2.37. The highest BCUT2D eigenvalue weighted by Gasteiger charge is 2.66. The number of fused-ring (bicyclic) bond motifs is 5. The van der Waals surface area contributed by atoms with Crippen LogP contribution in [0.25, 0.3) is 0 Å². The first-order valence-corrected chi connectivity index (χ1v) is 11.7. The Hall–Kier alpha value is -1.21. The summed E-state index contributed by atoms with van der Waals surface area (Å²) in [6.07, 6.45) is 4.09. The quantitative estimate of drug-likeness (QED) is 0.186. The molecule has 2 saturated carbocycles. The Morgan fingerprint density at radius 3 is 2.36 bits per heavy atom. The number of imide groups is 1. The molecular formula is C21H23Br2NO4. The third-order valence-electron chi connectivity index (χ3n) is 6.28. The number of esters is 1. The summed E-state index contributed by atoms with van der Waals surface area (Å²) in [5.74, 6) is -0.316. The number of hydrogen-bond donors (Lipinski definition) is 0. The minimum absolute atomic E-state index is 0.127. The zero-order valence-corrected chi connectivity index (χ0v) is 18.8. The van der Waals surface area contributed by atoms with Gasteiger partial charge in [0.1, 0.15) is 5.75 Å². The van der Waals surface area contributed by atoms with Crippen molar-refractivity contribution in [3.05, 3.63) is 24.3 Å². The van der Waals surface area contributed by atoms with E-state index >= 15 is 0 Å². The van der Waals surface area contributed by atoms with Crippen LogP contribution >= 0.6 is 31.9 Å². The molecule has 28 heavy (non-hydrogen) atoms. The molecule has 1 saturated heterocycles. The molecule has 4 rings (SSSR count). The summed E-state index contributed by atoms with van der Waals surface area (Å²) < 4.78 is 5.41. The Labute approximate surface area is 181 Å². The maximum absolute atomic E-state index is 13.1. The van der Waals surface area contributed by atoms with Crippen molar-refractivity contribution in [2.75, 3.05) is 4.90 Å². The van der Waals surface area contributed by atoms with E-state index in [9.17, 15) is 14.4 Å². The summed E-state index contributed by atoms with van der Waals surface area (Å²) in [6.45, 7) is 2.08. The van der Waals surface area contributed by atoms with E-state index in [1.54, 1.807) is 24.3 Å². The summed E-state index contributed by atoms with van der Waals surface area (Å²) in [5, 5.41) is 0. The van der Waals surface area contributed by atoms with Gasteiger partial charge in [0.05, 0.1) is 17.5 Å². The normalized spacial score (nSPS) is 33.5. The van der Waals surface area contributed by atoms with Crippen molar-refractivity contribution < 1.29 is 19.1 Å². The number of halogens is 2. The SMILES string of the molecule is CCCCCC(=O)Oc1cccc(N2C(=O)[C@@H]3[C@H]4C[C@@H]([C@@H](Br)[C@H]4Br)[C@H]3C2=O)c1. The molecule has 0 radical (unpaired) electrons. The van der Waals surface area contributed by atoms with Gasteiger partial charge in [0.2, 0.25) is 11.8 Å². The molecule has 0 unspecified atom stereocenters. The van der Waals surface area contributed by atoms with Crippen molar-refractivity contribution in [3.63, 3.8) is 0 Å². The van der Waals surface area contributed by atoms with E-state index in [2.05, 4.69) is 38.8 Å². The van der Waals surface area contributed by atoms with Crippen LogP contribution < -0.4 is 9.64 Å². The molecule has 0 spiro atoms. The number of rotatable bonds is 6. The van der Waals surface area contributed by atoms with Crippen LogP contribution in [0.5, 0.6) is 5.75 Å². The largest absolute Gasteiger partial charge is 0.426 e. The predicted octanol–water partition coefficient (Wildman–Crippen LogP) is 4.45. The fraction of sp³-hybridized carbons (Fsp3) is 0.571. The van der Waals surface area contributed by atoms with E-state index in [1.165, 1.54) is 4.90 Å². The highest BCUT2D eigenvalue weighted by molar-refractivity contribution is 9.12. The van der Waals surface area contributed by atoms with Gasteiger partial charge in [0.25, 0.3) is 0 Å². The Bertz CT molecular complexity index is 781. The van der Waals surface area contributed by atoms with Crippen LogP contribution in [0, 0.1) is 23.7 Å². The van der Waals surface area contributed by atoms with Gasteiger partial charge in [-0.1, -0.05) is 57.7 Å². The third kappa shape index (κ3) is 3.24. The topological polar surface area (TPSA) is 63.7 Å². The molecule has 0 aromatic heterocycles. The highest BCUT2D eigenvalue weighted by atomic mass is 79.9. The average Bonchev–Trinajstić information content (AvgIpc) is 3.27. The van der Waals surface area contributed by atoms with Crippen LogP contribution in [0.1, 0.15) is 39.0 Å². The Morgan fingerprint density at radius 2 is 1.75 bits per heavy atom. The molecule has 2 bridgehead atoms. The molecule has 3 aliphatic rings. The summed E-state index contributed by atoms with van der Waals surface area (Å²) in [5.41, 5.74) is 0.486. The van der Waals surface area contributed by atoms with Gasteiger partial charge >= 0.3 is 5.97 Å². The van der Waals surface area contributed by atoms with Gasteiger partial charge in [0.15, 0.2) is 0 Å². The summed E-state index contributed by atoms with van der Waals surface area (Å²) >= 11 is 7.40. The van der Waals surface area contributed by atoms with E-state index in [1.807, 2.05) is 0 Å². The van der Waals surface area contributed by atoms with Crippen molar-refractivity contribution >= 4 is 55.3 Å². The molecule has 0 N–H and O–H groups in total. The smallest absolute Gasteiger partial charge is 0.311 e. The number of carbonyl (C=O) groups excluding carboxylic acids is 3. The van der Waals surface area contributed by atoms with Crippen LogP contribution in [-0.2, 0) is 14.4 Å². The maximum atomic E-state index is 13.1. The van der Waals surface area contributed by atoms with Crippen molar-refractivity contribution in [3.8, 4) is 5.75 Å². The van der Waals surface area contributed by atoms with Gasteiger partial charge in [-0.15, -0.1) is 0 Å². The lowest BCUT2D eigenvalue weighted by Gasteiger charge is -2.28. The molecule has 1 heterocycles. The summed E-state index contributed by atoms with van der Waals surface area (Å²) in [7, 11) is 0. The molecule has 3 fully saturated rings. The molecule has 6 atom stereocenters. The monoisotopic (exact) mass is 511 g/mol. The summed E-state index contributed by atoms with van der Waals surface area (Å²) in [4.78, 5) is 39.9. The number of carbonyl (C=O) groups is 3. The first-order valence-electron chi connectivity index (χ1n) is 9.90. The van der Waals surface area contributed by atoms with Gasteiger partial charge in [-0.25, -0.2) is 4.90 Å². The maximum Gasteiger partial charge on any atom is 0.311 e. The third-order valence-corrected chi connectivity index (χ3v) is 9.49. The Morgan fingerprint density at radius 1 is 1.11 bits per heavy atom. The number of unbranched alkanes of at least 4 members (excludes halogenated alkanes) is 2. The molecule has 1 aromatic carbocycles. The number of ether oxygens (including phenoxy) is 1. The van der Waals surface area contributed by atoms with E-state index < -0.39 is 0 Å². The molecule has 1 aromatic rings. The molecular weight excluding hydrogens is 490 g/mol. The lowest BCUT2D eigenvalue weighted by atomic mass is 9.81. The first-order chi connectivity index (χ1) is 13.4. The van der Waals surface area contributed by atoms with Crippen molar-refractivity contribution in [1.82, 2.24) is 0 Å². The predicted molar refractivity (Wildman–Crippen MR) is 113 cm³/mol. The molecule has 1 aliphatic heterocycles. The van der Waals surface area contributed by atoms with Crippen LogP contribution in [0.15, 0.2) is 24.3 Å². The molecule has 150 valence electrons. The van der Waals surface area contributed by atoms with Crippen LogP contribution in [-0.4, -0.2) is 27.4 Å². The number of hydrogen-bond acceptors (Lipinski definition) is 4. The standard InChI is InChI=1S/C21H23Br2NO4/c1-2-3-4-8-15(25)28-12-7-5-6-11(9-12)24-20(26)16-13-10-14(17(16)21(24)27)19(23)18(13)22/h5-7,9,13-14,16-19H,2-4,8,10H2,1H3/t13-,14-,16-,17-,18-,19+/m1/s1. The molecule has 7 heteroatoms. The van der Waals surface area contributed by atoms with Gasteiger partial charge in [-0.3, -0.25) is 14.4 Å². The molecule has 2 aliphatic carbocycles. The van der Waals surface area contributed by atoms with Crippen LogP contribution in [0.2, 0.25) is 0 Å². The number of nitrogens with zero attached hydrogens (tertiary/aromatic N) is 1. The fourth-order valence-electron chi connectivity index (χ4n) is 4.99. The molecule has 5 nitrogen and oxygen atoms in total. The van der Waals surface area contributed by atoms with E-state index in [-0.39, 0.29) is 51.1 Å². The zero-order valence-electron chi connectivity index (χ0n) is 15.6.